The molecule has 1 saturated carbocycles. The summed E-state index contributed by atoms with van der Waals surface area (Å²) in [6, 6.07) is 0. The minimum Gasteiger partial charge on any atom is -0.394 e. The van der Waals surface area contributed by atoms with Crippen molar-refractivity contribution in [3.05, 3.63) is 17.0 Å². The summed E-state index contributed by atoms with van der Waals surface area (Å²) in [5, 5.41) is 16.9. The molecule has 1 aliphatic carbocycles. The molecule has 2 N–H and O–H groups in total. The maximum Gasteiger partial charge on any atom is 0.220 e. The number of carbonyl (C=O) groups excluding carboxylic acids is 1. The van der Waals surface area contributed by atoms with E-state index >= 15 is 0 Å². The highest BCUT2D eigenvalue weighted by molar-refractivity contribution is 5.77. The molecule has 2 rings (SSSR count). The standard InChI is InChI=1S/C15H25N3O2/c1-11-13(12(2)18(3)17-11)6-7-14(20)16-15(10-19)8-4-5-9-15/h19H,4-10H2,1-3H3,(H,16,20). The Morgan fingerprint density at radius 1 is 1.40 bits per heavy atom. The molecule has 0 saturated heterocycles. The first-order valence-corrected chi connectivity index (χ1v) is 7.38. The van der Waals surface area contributed by atoms with Gasteiger partial charge in [0, 0.05) is 19.2 Å². The van der Waals surface area contributed by atoms with E-state index < -0.39 is 0 Å². The Kier molecular flexibility index (Phi) is 4.48. The lowest BCUT2D eigenvalue weighted by Gasteiger charge is -2.28. The summed E-state index contributed by atoms with van der Waals surface area (Å²) < 4.78 is 1.86. The average molecular weight is 279 g/mol. The van der Waals surface area contributed by atoms with Gasteiger partial charge in [-0.2, -0.15) is 5.10 Å². The summed E-state index contributed by atoms with van der Waals surface area (Å²) in [5.41, 5.74) is 2.91. The number of hydrogen-bond acceptors (Lipinski definition) is 3. The van der Waals surface area contributed by atoms with Crippen LogP contribution in [0.15, 0.2) is 0 Å². The maximum atomic E-state index is 12.1. The molecule has 0 aliphatic heterocycles. The molecule has 20 heavy (non-hydrogen) atoms. The zero-order chi connectivity index (χ0) is 14.8. The van der Waals surface area contributed by atoms with Crippen LogP contribution in [0.4, 0.5) is 0 Å². The van der Waals surface area contributed by atoms with Gasteiger partial charge in [0.15, 0.2) is 0 Å². The van der Waals surface area contributed by atoms with E-state index in [0.29, 0.717) is 12.8 Å². The van der Waals surface area contributed by atoms with Gasteiger partial charge >= 0.3 is 0 Å². The number of aliphatic hydroxyl groups is 1. The Morgan fingerprint density at radius 3 is 2.55 bits per heavy atom. The average Bonchev–Trinajstić information content (AvgIpc) is 2.95. The van der Waals surface area contributed by atoms with Crippen LogP contribution in [0.2, 0.25) is 0 Å². The summed E-state index contributed by atoms with van der Waals surface area (Å²) in [7, 11) is 1.92. The van der Waals surface area contributed by atoms with Crippen molar-refractivity contribution in [3.63, 3.8) is 0 Å². The molecule has 1 aliphatic rings. The van der Waals surface area contributed by atoms with Crippen LogP contribution < -0.4 is 5.32 Å². The molecule has 0 radical (unpaired) electrons. The van der Waals surface area contributed by atoms with Gasteiger partial charge in [-0.15, -0.1) is 0 Å². The molecular formula is C15H25N3O2. The number of amides is 1. The summed E-state index contributed by atoms with van der Waals surface area (Å²) >= 11 is 0. The van der Waals surface area contributed by atoms with E-state index in [4.69, 9.17) is 0 Å². The zero-order valence-electron chi connectivity index (χ0n) is 12.7. The third-order valence-electron chi connectivity index (χ3n) is 4.53. The van der Waals surface area contributed by atoms with Gasteiger partial charge in [-0.1, -0.05) is 12.8 Å². The van der Waals surface area contributed by atoms with Gasteiger partial charge in [0.05, 0.1) is 17.8 Å². The Morgan fingerprint density at radius 2 is 2.05 bits per heavy atom. The molecule has 0 atom stereocenters. The van der Waals surface area contributed by atoms with Crippen molar-refractivity contribution in [2.24, 2.45) is 7.05 Å². The van der Waals surface area contributed by atoms with Crippen LogP contribution in [-0.2, 0) is 18.3 Å². The maximum absolute atomic E-state index is 12.1. The van der Waals surface area contributed by atoms with Gasteiger partial charge in [-0.3, -0.25) is 9.48 Å². The van der Waals surface area contributed by atoms with E-state index in [-0.39, 0.29) is 18.1 Å². The van der Waals surface area contributed by atoms with E-state index in [2.05, 4.69) is 10.4 Å². The van der Waals surface area contributed by atoms with Crippen molar-refractivity contribution >= 4 is 5.91 Å². The van der Waals surface area contributed by atoms with Crippen molar-refractivity contribution in [1.29, 1.82) is 0 Å². The third-order valence-corrected chi connectivity index (χ3v) is 4.53. The molecule has 0 spiro atoms. The highest BCUT2D eigenvalue weighted by atomic mass is 16.3. The summed E-state index contributed by atoms with van der Waals surface area (Å²) in [5.74, 6) is 0.0311. The number of carbonyl (C=O) groups is 1. The van der Waals surface area contributed by atoms with Crippen LogP contribution in [0.5, 0.6) is 0 Å². The van der Waals surface area contributed by atoms with Crippen LogP contribution in [0.3, 0.4) is 0 Å². The predicted molar refractivity (Wildman–Crippen MR) is 77.4 cm³/mol. The molecule has 1 amide bonds. The quantitative estimate of drug-likeness (QED) is 0.856. The highest BCUT2D eigenvalue weighted by Crippen LogP contribution is 2.29. The second kappa shape index (κ2) is 5.95. The van der Waals surface area contributed by atoms with Crippen molar-refractivity contribution in [3.8, 4) is 0 Å². The van der Waals surface area contributed by atoms with Crippen LogP contribution in [0.25, 0.3) is 0 Å². The van der Waals surface area contributed by atoms with Gasteiger partial charge in [-0.05, 0) is 38.7 Å². The molecule has 1 aromatic heterocycles. The lowest BCUT2D eigenvalue weighted by Crippen LogP contribution is -2.49. The lowest BCUT2D eigenvalue weighted by molar-refractivity contribution is -0.123. The van der Waals surface area contributed by atoms with E-state index in [9.17, 15) is 9.90 Å². The zero-order valence-corrected chi connectivity index (χ0v) is 12.7. The van der Waals surface area contributed by atoms with Crippen molar-refractivity contribution in [2.75, 3.05) is 6.61 Å². The largest absolute Gasteiger partial charge is 0.394 e. The van der Waals surface area contributed by atoms with E-state index in [1.807, 2.05) is 25.6 Å². The summed E-state index contributed by atoms with van der Waals surface area (Å²) in [6.45, 7) is 4.05. The van der Waals surface area contributed by atoms with Crippen LogP contribution in [0, 0.1) is 13.8 Å². The topological polar surface area (TPSA) is 67.2 Å². The molecular weight excluding hydrogens is 254 g/mol. The number of aryl methyl sites for hydroxylation is 2. The smallest absolute Gasteiger partial charge is 0.220 e. The minimum atomic E-state index is -0.365. The highest BCUT2D eigenvalue weighted by Gasteiger charge is 2.34. The minimum absolute atomic E-state index is 0.0311. The molecule has 0 unspecified atom stereocenters. The first-order chi connectivity index (χ1) is 9.47. The Hall–Kier alpha value is -1.36. The monoisotopic (exact) mass is 279 g/mol. The Bertz CT molecular complexity index is 488. The number of aliphatic hydroxyl groups excluding tert-OH is 1. The number of nitrogens with one attached hydrogen (secondary N) is 1. The summed E-state index contributed by atoms with van der Waals surface area (Å²) in [4.78, 5) is 12.1. The Labute approximate surface area is 120 Å². The molecule has 1 aromatic rings. The van der Waals surface area contributed by atoms with Gasteiger partial charge in [0.2, 0.25) is 5.91 Å². The van der Waals surface area contributed by atoms with Gasteiger partial charge in [0.1, 0.15) is 0 Å². The van der Waals surface area contributed by atoms with Gasteiger partial charge < -0.3 is 10.4 Å². The lowest BCUT2D eigenvalue weighted by atomic mass is 9.98. The fourth-order valence-electron chi connectivity index (χ4n) is 3.15. The second-order valence-corrected chi connectivity index (χ2v) is 5.97. The number of hydrogen-bond donors (Lipinski definition) is 2. The Balaban J connectivity index is 1.92. The fraction of sp³-hybridized carbons (Fsp3) is 0.733. The normalized spacial score (nSPS) is 17.4. The van der Waals surface area contributed by atoms with E-state index in [1.165, 1.54) is 0 Å². The molecule has 0 aromatic carbocycles. The van der Waals surface area contributed by atoms with Gasteiger partial charge in [-0.25, -0.2) is 0 Å². The molecule has 1 fully saturated rings. The first kappa shape index (κ1) is 15.0. The van der Waals surface area contributed by atoms with Crippen LogP contribution in [-0.4, -0.2) is 32.9 Å². The van der Waals surface area contributed by atoms with Crippen molar-refractivity contribution in [2.45, 2.75) is 57.9 Å². The predicted octanol–water partition coefficient (Wildman–Crippen LogP) is 1.39. The second-order valence-electron chi connectivity index (χ2n) is 5.97. The number of rotatable bonds is 5. The van der Waals surface area contributed by atoms with Crippen LogP contribution >= 0.6 is 0 Å². The van der Waals surface area contributed by atoms with Gasteiger partial charge in [0.25, 0.3) is 0 Å². The van der Waals surface area contributed by atoms with Crippen molar-refractivity contribution in [1.82, 2.24) is 15.1 Å². The first-order valence-electron chi connectivity index (χ1n) is 7.38. The fourth-order valence-corrected chi connectivity index (χ4v) is 3.15. The molecule has 1 heterocycles. The molecule has 0 bridgehead atoms. The molecule has 112 valence electrons. The molecule has 5 heteroatoms. The number of nitrogens with zero attached hydrogens (tertiary/aromatic N) is 2. The van der Waals surface area contributed by atoms with Crippen molar-refractivity contribution < 1.29 is 9.90 Å². The third kappa shape index (κ3) is 3.03. The summed E-state index contributed by atoms with van der Waals surface area (Å²) in [6.07, 6.45) is 5.11. The van der Waals surface area contributed by atoms with E-state index in [0.717, 1.165) is 42.6 Å². The van der Waals surface area contributed by atoms with E-state index in [1.54, 1.807) is 0 Å². The SMILES string of the molecule is Cc1nn(C)c(C)c1CCC(=O)NC1(CO)CCCC1. The van der Waals surface area contributed by atoms with Crippen LogP contribution in [0.1, 0.15) is 49.1 Å². The number of aromatic nitrogens is 2. The molecule has 5 nitrogen and oxygen atoms in total.